The standard InChI is InChI=1S/C44H27N5O/c1-4-14-29(15-5-1)41-46-42(30-16-6-2-7-17-30)48-43(47-41)31-26-24-28(25-27-31)39-37-34-21-11-13-23-36(34)50-40(37)38-33-20-10-12-22-35(33)49(44(38)45-39)32-18-8-3-9-19-32/h1-27H. The van der Waals surface area contributed by atoms with Crippen LogP contribution in [-0.4, -0.2) is 24.5 Å². The SMILES string of the molecule is c1ccc(-c2nc(-c3ccccc3)nc(-c3ccc(-c4nc5c(c6ccccc6n5-c5ccccc5)c5oc6ccccc6c45)cc3)n2)cc1. The molecule has 0 saturated heterocycles. The Hall–Kier alpha value is -6.92. The van der Waals surface area contributed by atoms with Gasteiger partial charge in [0.05, 0.1) is 22.0 Å². The van der Waals surface area contributed by atoms with Crippen molar-refractivity contribution in [2.75, 3.05) is 0 Å². The first kappa shape index (κ1) is 28.1. The maximum absolute atomic E-state index is 6.71. The summed E-state index contributed by atoms with van der Waals surface area (Å²) in [5.74, 6) is 1.87. The fourth-order valence-electron chi connectivity index (χ4n) is 6.94. The van der Waals surface area contributed by atoms with Gasteiger partial charge in [-0.15, -0.1) is 0 Å². The van der Waals surface area contributed by atoms with Crippen LogP contribution in [0.4, 0.5) is 0 Å². The van der Waals surface area contributed by atoms with E-state index in [1.807, 2.05) is 78.9 Å². The molecule has 4 heterocycles. The molecule has 50 heavy (non-hydrogen) atoms. The Bertz CT molecular complexity index is 2780. The lowest BCUT2D eigenvalue weighted by Gasteiger charge is -2.10. The van der Waals surface area contributed by atoms with Gasteiger partial charge in [-0.2, -0.15) is 0 Å². The minimum Gasteiger partial charge on any atom is -0.455 e. The van der Waals surface area contributed by atoms with Gasteiger partial charge in [-0.05, 0) is 24.3 Å². The highest BCUT2D eigenvalue weighted by molar-refractivity contribution is 6.25. The highest BCUT2D eigenvalue weighted by Crippen LogP contribution is 2.43. The van der Waals surface area contributed by atoms with E-state index in [2.05, 4.69) is 89.5 Å². The molecule has 0 aliphatic rings. The molecular formula is C44H27N5O. The first-order chi connectivity index (χ1) is 24.8. The van der Waals surface area contributed by atoms with Crippen LogP contribution in [0.15, 0.2) is 168 Å². The fraction of sp³-hybridized carbons (Fsp3) is 0. The molecule has 0 N–H and O–H groups in total. The molecule has 10 aromatic rings. The van der Waals surface area contributed by atoms with E-state index in [4.69, 9.17) is 24.4 Å². The fourth-order valence-corrected chi connectivity index (χ4v) is 6.94. The second-order valence-corrected chi connectivity index (χ2v) is 12.3. The van der Waals surface area contributed by atoms with Gasteiger partial charge in [-0.3, -0.25) is 4.57 Å². The summed E-state index contributed by atoms with van der Waals surface area (Å²) in [6.07, 6.45) is 0. The molecular weight excluding hydrogens is 615 g/mol. The minimum absolute atomic E-state index is 0.607. The topological polar surface area (TPSA) is 69.6 Å². The van der Waals surface area contributed by atoms with Crippen LogP contribution in [0.2, 0.25) is 0 Å². The second-order valence-electron chi connectivity index (χ2n) is 12.3. The van der Waals surface area contributed by atoms with Crippen LogP contribution < -0.4 is 0 Å². The average molecular weight is 642 g/mol. The molecule has 0 amide bonds. The summed E-state index contributed by atoms with van der Waals surface area (Å²) < 4.78 is 8.94. The van der Waals surface area contributed by atoms with Gasteiger partial charge < -0.3 is 4.42 Å². The number of hydrogen-bond acceptors (Lipinski definition) is 5. The summed E-state index contributed by atoms with van der Waals surface area (Å²) in [6.45, 7) is 0. The van der Waals surface area contributed by atoms with Gasteiger partial charge >= 0.3 is 0 Å². The zero-order chi connectivity index (χ0) is 33.0. The summed E-state index contributed by atoms with van der Waals surface area (Å²) >= 11 is 0. The third-order valence-electron chi connectivity index (χ3n) is 9.26. The molecule has 4 aromatic heterocycles. The number of furan rings is 1. The summed E-state index contributed by atoms with van der Waals surface area (Å²) in [4.78, 5) is 20.2. The highest BCUT2D eigenvalue weighted by Gasteiger charge is 2.23. The predicted molar refractivity (Wildman–Crippen MR) is 201 cm³/mol. The van der Waals surface area contributed by atoms with E-state index in [1.165, 1.54) is 0 Å². The van der Waals surface area contributed by atoms with Crippen molar-refractivity contribution in [2.24, 2.45) is 0 Å². The monoisotopic (exact) mass is 641 g/mol. The maximum atomic E-state index is 6.71. The normalized spacial score (nSPS) is 11.6. The third-order valence-corrected chi connectivity index (χ3v) is 9.26. The quantitative estimate of drug-likeness (QED) is 0.187. The summed E-state index contributed by atoms with van der Waals surface area (Å²) in [5, 5.41) is 4.13. The van der Waals surface area contributed by atoms with Crippen molar-refractivity contribution in [3.8, 4) is 51.1 Å². The van der Waals surface area contributed by atoms with E-state index in [-0.39, 0.29) is 0 Å². The van der Waals surface area contributed by atoms with Crippen molar-refractivity contribution < 1.29 is 4.42 Å². The van der Waals surface area contributed by atoms with Gasteiger partial charge in [0.1, 0.15) is 16.8 Å². The van der Waals surface area contributed by atoms with Crippen LogP contribution in [0.1, 0.15) is 0 Å². The van der Waals surface area contributed by atoms with Gasteiger partial charge in [-0.25, -0.2) is 19.9 Å². The molecule has 0 aliphatic carbocycles. The number of fused-ring (bicyclic) bond motifs is 7. The zero-order valence-electron chi connectivity index (χ0n) is 26.7. The van der Waals surface area contributed by atoms with Crippen LogP contribution in [0.25, 0.3) is 95.0 Å². The molecule has 0 radical (unpaired) electrons. The Morgan fingerprint density at radius 3 is 1.54 bits per heavy atom. The van der Waals surface area contributed by atoms with Crippen LogP contribution in [-0.2, 0) is 0 Å². The first-order valence-electron chi connectivity index (χ1n) is 16.6. The molecule has 6 nitrogen and oxygen atoms in total. The number of nitrogens with zero attached hydrogens (tertiary/aromatic N) is 5. The largest absolute Gasteiger partial charge is 0.455 e. The summed E-state index contributed by atoms with van der Waals surface area (Å²) in [7, 11) is 0. The average Bonchev–Trinajstić information content (AvgIpc) is 3.75. The highest BCUT2D eigenvalue weighted by atomic mass is 16.3. The van der Waals surface area contributed by atoms with Gasteiger partial charge in [0.2, 0.25) is 0 Å². The van der Waals surface area contributed by atoms with Crippen molar-refractivity contribution in [1.29, 1.82) is 0 Å². The van der Waals surface area contributed by atoms with Gasteiger partial charge in [0, 0.05) is 38.7 Å². The van der Waals surface area contributed by atoms with E-state index < -0.39 is 0 Å². The molecule has 0 fully saturated rings. The number of pyridine rings is 1. The van der Waals surface area contributed by atoms with Crippen LogP contribution in [0, 0.1) is 0 Å². The number of para-hydroxylation sites is 3. The van der Waals surface area contributed by atoms with E-state index in [0.717, 1.165) is 77.5 Å². The van der Waals surface area contributed by atoms with Gasteiger partial charge in [0.15, 0.2) is 17.5 Å². The number of aromatic nitrogens is 5. The number of hydrogen-bond donors (Lipinski definition) is 0. The Kier molecular flexibility index (Phi) is 6.39. The lowest BCUT2D eigenvalue weighted by atomic mass is 10.0. The van der Waals surface area contributed by atoms with Crippen molar-refractivity contribution in [3.05, 3.63) is 164 Å². The molecule has 6 heteroatoms. The molecule has 0 atom stereocenters. The molecule has 10 rings (SSSR count). The summed E-state index contributed by atoms with van der Waals surface area (Å²) in [6, 6.07) is 55.5. The second kappa shape index (κ2) is 11.4. The van der Waals surface area contributed by atoms with E-state index in [0.29, 0.717) is 17.5 Å². The first-order valence-corrected chi connectivity index (χ1v) is 16.6. The number of rotatable bonds is 5. The van der Waals surface area contributed by atoms with Gasteiger partial charge in [-0.1, -0.05) is 140 Å². The van der Waals surface area contributed by atoms with E-state index in [9.17, 15) is 0 Å². The lowest BCUT2D eigenvalue weighted by Crippen LogP contribution is -2.00. The van der Waals surface area contributed by atoms with Crippen molar-refractivity contribution >= 4 is 43.9 Å². The van der Waals surface area contributed by atoms with Crippen molar-refractivity contribution in [3.63, 3.8) is 0 Å². The molecule has 0 bridgehead atoms. The van der Waals surface area contributed by atoms with E-state index in [1.54, 1.807) is 0 Å². The van der Waals surface area contributed by atoms with E-state index >= 15 is 0 Å². The molecule has 6 aromatic carbocycles. The molecule has 0 spiro atoms. The predicted octanol–water partition coefficient (Wildman–Crippen LogP) is 10.9. The molecule has 0 aliphatic heterocycles. The molecule has 234 valence electrons. The van der Waals surface area contributed by atoms with Crippen LogP contribution >= 0.6 is 0 Å². The van der Waals surface area contributed by atoms with Crippen molar-refractivity contribution in [1.82, 2.24) is 24.5 Å². The maximum Gasteiger partial charge on any atom is 0.164 e. The smallest absolute Gasteiger partial charge is 0.164 e. The van der Waals surface area contributed by atoms with Gasteiger partial charge in [0.25, 0.3) is 0 Å². The Balaban J connectivity index is 1.20. The molecule has 0 unspecified atom stereocenters. The molecule has 0 saturated carbocycles. The Morgan fingerprint density at radius 1 is 0.400 bits per heavy atom. The van der Waals surface area contributed by atoms with Crippen molar-refractivity contribution in [2.45, 2.75) is 0 Å². The Labute approximate surface area is 287 Å². The summed E-state index contributed by atoms with van der Waals surface area (Å²) in [5.41, 5.74) is 9.22. The third kappa shape index (κ3) is 4.50. The minimum atomic E-state index is 0.607. The van der Waals surface area contributed by atoms with Crippen LogP contribution in [0.5, 0.6) is 0 Å². The van der Waals surface area contributed by atoms with Crippen LogP contribution in [0.3, 0.4) is 0 Å². The zero-order valence-corrected chi connectivity index (χ0v) is 26.7. The lowest BCUT2D eigenvalue weighted by molar-refractivity contribution is 0.672. The number of benzene rings is 6. The Morgan fingerprint density at radius 2 is 0.900 bits per heavy atom.